The zero-order valence-electron chi connectivity index (χ0n) is 10.2. The number of ether oxygens (including phenoxy) is 1. The Morgan fingerprint density at radius 1 is 1.33 bits per heavy atom. The molecule has 1 saturated carbocycles. The van der Waals surface area contributed by atoms with Crippen molar-refractivity contribution in [2.45, 2.75) is 64.1 Å². The highest BCUT2D eigenvalue weighted by Gasteiger charge is 2.32. The fraction of sp³-hybridized carbons (Fsp3) is 1.00. The second kappa shape index (κ2) is 4.84. The third kappa shape index (κ3) is 2.94. The van der Waals surface area contributed by atoms with Gasteiger partial charge in [0.05, 0.1) is 11.7 Å². The molecule has 0 aromatic heterocycles. The molecular weight excluding hydrogens is 186 g/mol. The molecule has 1 heterocycles. The molecule has 2 nitrogen and oxygen atoms in total. The van der Waals surface area contributed by atoms with E-state index in [1.165, 1.54) is 32.1 Å². The van der Waals surface area contributed by atoms with E-state index < -0.39 is 0 Å². The van der Waals surface area contributed by atoms with Crippen LogP contribution in [0.3, 0.4) is 0 Å². The summed E-state index contributed by atoms with van der Waals surface area (Å²) in [7, 11) is 0. The van der Waals surface area contributed by atoms with Gasteiger partial charge in [0.25, 0.3) is 0 Å². The van der Waals surface area contributed by atoms with Crippen molar-refractivity contribution in [2.75, 3.05) is 13.1 Å². The molecule has 0 aromatic rings. The van der Waals surface area contributed by atoms with E-state index in [0.717, 1.165) is 25.4 Å². The topological polar surface area (TPSA) is 21.3 Å². The minimum Gasteiger partial charge on any atom is -0.369 e. The van der Waals surface area contributed by atoms with Gasteiger partial charge in [-0.1, -0.05) is 32.6 Å². The first-order valence-corrected chi connectivity index (χ1v) is 6.60. The van der Waals surface area contributed by atoms with Crippen LogP contribution >= 0.6 is 0 Å². The lowest BCUT2D eigenvalue weighted by molar-refractivity contribution is -0.113. The predicted molar refractivity (Wildman–Crippen MR) is 63.0 cm³/mol. The largest absolute Gasteiger partial charge is 0.369 e. The summed E-state index contributed by atoms with van der Waals surface area (Å²) in [4.78, 5) is 0. The Bertz CT molecular complexity index is 201. The molecule has 1 aliphatic heterocycles. The zero-order valence-corrected chi connectivity index (χ0v) is 10.2. The Labute approximate surface area is 93.8 Å². The molecule has 0 radical (unpaired) electrons. The van der Waals surface area contributed by atoms with Gasteiger partial charge < -0.3 is 10.1 Å². The Balaban J connectivity index is 1.81. The summed E-state index contributed by atoms with van der Waals surface area (Å²) in [6, 6.07) is 0. The number of hydrogen-bond donors (Lipinski definition) is 1. The lowest BCUT2D eigenvalue weighted by Crippen LogP contribution is -2.52. The van der Waals surface area contributed by atoms with E-state index in [-0.39, 0.29) is 5.60 Å². The van der Waals surface area contributed by atoms with Gasteiger partial charge in [0.15, 0.2) is 0 Å². The summed E-state index contributed by atoms with van der Waals surface area (Å²) in [5.74, 6) is 0.941. The van der Waals surface area contributed by atoms with Crippen LogP contribution in [0.25, 0.3) is 0 Å². The van der Waals surface area contributed by atoms with Crippen LogP contribution in [0.15, 0.2) is 0 Å². The fourth-order valence-corrected chi connectivity index (χ4v) is 2.94. The molecule has 2 rings (SSSR count). The Hall–Kier alpha value is -0.0800. The van der Waals surface area contributed by atoms with Gasteiger partial charge in [0.2, 0.25) is 0 Å². The molecule has 1 saturated heterocycles. The maximum Gasteiger partial charge on any atom is 0.0780 e. The van der Waals surface area contributed by atoms with Crippen LogP contribution in [-0.2, 0) is 4.74 Å². The molecule has 2 aliphatic rings. The van der Waals surface area contributed by atoms with Gasteiger partial charge >= 0.3 is 0 Å². The molecule has 0 bridgehead atoms. The van der Waals surface area contributed by atoms with E-state index in [9.17, 15) is 0 Å². The molecule has 0 spiro atoms. The molecule has 2 heteroatoms. The molecule has 15 heavy (non-hydrogen) atoms. The van der Waals surface area contributed by atoms with E-state index in [1.54, 1.807) is 0 Å². The number of nitrogens with one attached hydrogen (secondary N) is 1. The summed E-state index contributed by atoms with van der Waals surface area (Å²) < 4.78 is 6.22. The van der Waals surface area contributed by atoms with E-state index in [0.29, 0.717) is 6.10 Å². The lowest BCUT2D eigenvalue weighted by atomic mass is 9.95. The first-order chi connectivity index (χ1) is 7.22. The first kappa shape index (κ1) is 11.4. The molecule has 0 aromatic carbocycles. The summed E-state index contributed by atoms with van der Waals surface area (Å²) in [5.41, 5.74) is 0.0848. The summed E-state index contributed by atoms with van der Waals surface area (Å²) in [6.45, 7) is 6.54. The van der Waals surface area contributed by atoms with Crippen LogP contribution in [0, 0.1) is 5.92 Å². The second-order valence-corrected chi connectivity index (χ2v) is 5.56. The van der Waals surface area contributed by atoms with Gasteiger partial charge in [-0.2, -0.15) is 0 Å². The van der Waals surface area contributed by atoms with Crippen molar-refractivity contribution in [3.8, 4) is 0 Å². The van der Waals surface area contributed by atoms with Crippen molar-refractivity contribution < 1.29 is 4.74 Å². The molecule has 2 atom stereocenters. The van der Waals surface area contributed by atoms with Crippen LogP contribution in [0.4, 0.5) is 0 Å². The quantitative estimate of drug-likeness (QED) is 0.775. The molecule has 1 aliphatic carbocycles. The van der Waals surface area contributed by atoms with Crippen molar-refractivity contribution in [3.05, 3.63) is 0 Å². The number of hydrogen-bond acceptors (Lipinski definition) is 2. The van der Waals surface area contributed by atoms with Gasteiger partial charge in [-0.25, -0.2) is 0 Å². The van der Waals surface area contributed by atoms with Crippen molar-refractivity contribution in [3.63, 3.8) is 0 Å². The van der Waals surface area contributed by atoms with Crippen molar-refractivity contribution in [2.24, 2.45) is 5.92 Å². The normalized spacial score (nSPS) is 38.4. The minimum atomic E-state index is 0.0848. The van der Waals surface area contributed by atoms with E-state index >= 15 is 0 Å². The number of morpholine rings is 1. The van der Waals surface area contributed by atoms with Gasteiger partial charge in [0, 0.05) is 13.1 Å². The van der Waals surface area contributed by atoms with Gasteiger partial charge in [0.1, 0.15) is 0 Å². The van der Waals surface area contributed by atoms with E-state index in [1.807, 2.05) is 0 Å². The smallest absolute Gasteiger partial charge is 0.0780 e. The van der Waals surface area contributed by atoms with Crippen LogP contribution in [0.2, 0.25) is 0 Å². The van der Waals surface area contributed by atoms with Crippen molar-refractivity contribution in [1.82, 2.24) is 5.32 Å². The molecule has 2 fully saturated rings. The maximum absolute atomic E-state index is 6.22. The van der Waals surface area contributed by atoms with Gasteiger partial charge in [-0.3, -0.25) is 0 Å². The molecule has 1 N–H and O–H groups in total. The average Bonchev–Trinajstić information content (AvgIpc) is 2.71. The highest BCUT2D eigenvalue weighted by atomic mass is 16.5. The van der Waals surface area contributed by atoms with E-state index in [2.05, 4.69) is 19.2 Å². The maximum atomic E-state index is 6.22. The molecule has 0 amide bonds. The SMILES string of the molecule is CCC1(C)CNCC(CC2CCCC2)O1. The van der Waals surface area contributed by atoms with Crippen LogP contribution in [0.5, 0.6) is 0 Å². The Morgan fingerprint density at radius 3 is 2.73 bits per heavy atom. The molecule has 88 valence electrons. The third-order valence-electron chi connectivity index (χ3n) is 4.14. The predicted octanol–water partition coefficient (Wildman–Crippen LogP) is 2.72. The van der Waals surface area contributed by atoms with Crippen molar-refractivity contribution in [1.29, 1.82) is 0 Å². The minimum absolute atomic E-state index is 0.0848. The van der Waals surface area contributed by atoms with Crippen molar-refractivity contribution >= 4 is 0 Å². The van der Waals surface area contributed by atoms with Crippen LogP contribution in [-0.4, -0.2) is 24.8 Å². The summed E-state index contributed by atoms with van der Waals surface area (Å²) in [5, 5.41) is 3.53. The zero-order chi connectivity index (χ0) is 10.7. The van der Waals surface area contributed by atoms with Gasteiger partial charge in [-0.15, -0.1) is 0 Å². The Morgan fingerprint density at radius 2 is 2.07 bits per heavy atom. The number of rotatable bonds is 3. The highest BCUT2D eigenvalue weighted by molar-refractivity contribution is 4.85. The summed E-state index contributed by atoms with van der Waals surface area (Å²) >= 11 is 0. The lowest BCUT2D eigenvalue weighted by Gasteiger charge is -2.39. The molecule has 2 unspecified atom stereocenters. The van der Waals surface area contributed by atoms with E-state index in [4.69, 9.17) is 4.74 Å². The van der Waals surface area contributed by atoms with Crippen LogP contribution in [0.1, 0.15) is 52.4 Å². The average molecular weight is 211 g/mol. The fourth-order valence-electron chi connectivity index (χ4n) is 2.94. The highest BCUT2D eigenvalue weighted by Crippen LogP contribution is 2.31. The van der Waals surface area contributed by atoms with Gasteiger partial charge in [-0.05, 0) is 25.7 Å². The standard InChI is InChI=1S/C13H25NO/c1-3-13(2)10-14-9-12(15-13)8-11-6-4-5-7-11/h11-12,14H,3-10H2,1-2H3. The van der Waals surface area contributed by atoms with Crippen LogP contribution < -0.4 is 5.32 Å². The monoisotopic (exact) mass is 211 g/mol. The second-order valence-electron chi connectivity index (χ2n) is 5.56. The summed E-state index contributed by atoms with van der Waals surface area (Å²) in [6.07, 6.45) is 8.60. The first-order valence-electron chi connectivity index (χ1n) is 6.60. The Kier molecular flexibility index (Phi) is 3.68. The molecular formula is C13H25NO. The third-order valence-corrected chi connectivity index (χ3v) is 4.14.